The minimum atomic E-state index is 0.259. The minimum Gasteiger partial charge on any atom is -0.315 e. The fraction of sp³-hybridized carbons (Fsp3) is 0.778. The molecule has 0 fully saturated rings. The molecule has 122 valence electrons. The summed E-state index contributed by atoms with van der Waals surface area (Å²) in [6, 6.07) is 5.13. The number of aryl methyl sites for hydroxylation is 1. The molecule has 1 aromatic heterocycles. The van der Waals surface area contributed by atoms with E-state index in [-0.39, 0.29) is 5.54 Å². The molecule has 1 unspecified atom stereocenters. The summed E-state index contributed by atoms with van der Waals surface area (Å²) in [7, 11) is 2.13. The lowest BCUT2D eigenvalue weighted by Crippen LogP contribution is -2.61. The lowest BCUT2D eigenvalue weighted by Gasteiger charge is -2.48. The van der Waals surface area contributed by atoms with E-state index < -0.39 is 0 Å². The van der Waals surface area contributed by atoms with Crippen LogP contribution < -0.4 is 5.32 Å². The SMILES string of the molecule is CCc1ccc(CC(NC)C(CC)(CC)N(CC)CC)s1. The number of thiophene rings is 1. The lowest BCUT2D eigenvalue weighted by atomic mass is 9.80. The zero-order chi connectivity index (χ0) is 15.9. The molecule has 0 amide bonds. The van der Waals surface area contributed by atoms with Crippen LogP contribution in [0.15, 0.2) is 12.1 Å². The molecule has 3 heteroatoms. The molecule has 1 heterocycles. The van der Waals surface area contributed by atoms with Crippen molar-refractivity contribution in [1.29, 1.82) is 0 Å². The molecule has 0 saturated heterocycles. The van der Waals surface area contributed by atoms with Gasteiger partial charge in [0.15, 0.2) is 0 Å². The highest BCUT2D eigenvalue weighted by molar-refractivity contribution is 7.11. The van der Waals surface area contributed by atoms with E-state index in [0.29, 0.717) is 6.04 Å². The van der Waals surface area contributed by atoms with Gasteiger partial charge in [0.25, 0.3) is 0 Å². The van der Waals surface area contributed by atoms with Gasteiger partial charge in [-0.3, -0.25) is 4.90 Å². The van der Waals surface area contributed by atoms with Crippen molar-refractivity contribution in [2.24, 2.45) is 0 Å². The van der Waals surface area contributed by atoms with E-state index in [1.54, 1.807) is 0 Å². The molecule has 1 rings (SSSR count). The maximum absolute atomic E-state index is 3.63. The van der Waals surface area contributed by atoms with Crippen LogP contribution in [-0.4, -0.2) is 36.6 Å². The highest BCUT2D eigenvalue weighted by Gasteiger charge is 2.39. The van der Waals surface area contributed by atoms with Crippen molar-refractivity contribution in [3.05, 3.63) is 21.9 Å². The molecule has 0 saturated carbocycles. The van der Waals surface area contributed by atoms with Crippen LogP contribution in [0.5, 0.6) is 0 Å². The molecule has 0 aliphatic carbocycles. The highest BCUT2D eigenvalue weighted by Crippen LogP contribution is 2.31. The maximum Gasteiger partial charge on any atom is 0.0360 e. The van der Waals surface area contributed by atoms with Crippen molar-refractivity contribution in [1.82, 2.24) is 10.2 Å². The third kappa shape index (κ3) is 4.08. The first kappa shape index (κ1) is 18.7. The van der Waals surface area contributed by atoms with Crippen molar-refractivity contribution in [3.8, 4) is 0 Å². The van der Waals surface area contributed by atoms with E-state index in [1.165, 1.54) is 22.6 Å². The number of hydrogen-bond donors (Lipinski definition) is 1. The molecule has 0 spiro atoms. The van der Waals surface area contributed by atoms with Crippen LogP contribution in [0.3, 0.4) is 0 Å². The molecule has 21 heavy (non-hydrogen) atoms. The Kier molecular flexibility index (Phi) is 7.93. The van der Waals surface area contributed by atoms with Gasteiger partial charge in [-0.15, -0.1) is 11.3 Å². The Morgan fingerprint density at radius 2 is 1.62 bits per heavy atom. The number of likely N-dealkylation sites (N-methyl/N-ethyl adjacent to an activating group) is 2. The second-order valence-electron chi connectivity index (χ2n) is 5.75. The average molecular weight is 311 g/mol. The molecule has 1 N–H and O–H groups in total. The van der Waals surface area contributed by atoms with Gasteiger partial charge in [-0.25, -0.2) is 0 Å². The average Bonchev–Trinajstić information content (AvgIpc) is 2.98. The van der Waals surface area contributed by atoms with E-state index in [1.807, 2.05) is 11.3 Å². The molecular formula is C18H34N2S. The predicted octanol–water partition coefficient (Wildman–Crippen LogP) is 4.34. The van der Waals surface area contributed by atoms with Crippen molar-refractivity contribution in [3.63, 3.8) is 0 Å². The minimum absolute atomic E-state index is 0.259. The fourth-order valence-electron chi connectivity index (χ4n) is 3.75. The van der Waals surface area contributed by atoms with Crippen molar-refractivity contribution in [2.75, 3.05) is 20.1 Å². The Morgan fingerprint density at radius 1 is 1.05 bits per heavy atom. The van der Waals surface area contributed by atoms with Gasteiger partial charge >= 0.3 is 0 Å². The third-order valence-corrected chi connectivity index (χ3v) is 6.34. The van der Waals surface area contributed by atoms with E-state index in [9.17, 15) is 0 Å². The molecule has 0 aliphatic rings. The number of nitrogens with one attached hydrogen (secondary N) is 1. The van der Waals surface area contributed by atoms with Crippen LogP contribution in [0.1, 0.15) is 57.2 Å². The van der Waals surface area contributed by atoms with E-state index in [0.717, 1.165) is 25.9 Å². The van der Waals surface area contributed by atoms with Crippen LogP contribution in [0.2, 0.25) is 0 Å². The first-order valence-corrected chi connectivity index (χ1v) is 9.43. The molecule has 0 bridgehead atoms. The van der Waals surface area contributed by atoms with Crippen LogP contribution in [0.4, 0.5) is 0 Å². The second kappa shape index (κ2) is 8.92. The molecule has 0 radical (unpaired) electrons. The summed E-state index contributed by atoms with van der Waals surface area (Å²) in [6.07, 6.45) is 4.68. The second-order valence-corrected chi connectivity index (χ2v) is 7.00. The Balaban J connectivity index is 3.01. The summed E-state index contributed by atoms with van der Waals surface area (Å²) in [5.41, 5.74) is 0.259. The van der Waals surface area contributed by atoms with Gasteiger partial charge in [0.05, 0.1) is 0 Å². The first-order valence-electron chi connectivity index (χ1n) is 8.61. The van der Waals surface area contributed by atoms with Crippen molar-refractivity contribution >= 4 is 11.3 Å². The van der Waals surface area contributed by atoms with Crippen molar-refractivity contribution in [2.45, 2.75) is 71.9 Å². The summed E-state index contributed by atoms with van der Waals surface area (Å²) in [4.78, 5) is 5.67. The first-order chi connectivity index (χ1) is 10.1. The maximum atomic E-state index is 3.63. The molecule has 0 aromatic carbocycles. The van der Waals surface area contributed by atoms with E-state index >= 15 is 0 Å². The zero-order valence-electron chi connectivity index (χ0n) is 14.8. The number of nitrogens with zero attached hydrogens (tertiary/aromatic N) is 1. The molecule has 0 aliphatic heterocycles. The Labute approximate surface area is 135 Å². The molecule has 2 nitrogen and oxygen atoms in total. The standard InChI is InChI=1S/C18H34N2S/c1-7-15-12-13-16(21-15)14-17(19-6)18(8-2,9-3)20(10-4)11-5/h12-13,17,19H,7-11,14H2,1-6H3. The lowest BCUT2D eigenvalue weighted by molar-refractivity contribution is 0.0522. The van der Waals surface area contributed by atoms with Gasteiger partial charge in [0, 0.05) is 21.3 Å². The van der Waals surface area contributed by atoms with Crippen LogP contribution >= 0.6 is 11.3 Å². The third-order valence-electron chi connectivity index (χ3n) is 5.09. The fourth-order valence-corrected chi connectivity index (χ4v) is 4.75. The monoisotopic (exact) mass is 310 g/mol. The number of rotatable bonds is 10. The summed E-state index contributed by atoms with van der Waals surface area (Å²) < 4.78 is 0. The Morgan fingerprint density at radius 3 is 2.00 bits per heavy atom. The van der Waals surface area contributed by atoms with Gasteiger partial charge in [0.2, 0.25) is 0 Å². The van der Waals surface area contributed by atoms with Crippen LogP contribution in [0.25, 0.3) is 0 Å². The number of hydrogen-bond acceptors (Lipinski definition) is 3. The summed E-state index contributed by atoms with van der Waals surface area (Å²) in [6.45, 7) is 13.8. The Bertz CT molecular complexity index is 392. The molecular weight excluding hydrogens is 276 g/mol. The summed E-state index contributed by atoms with van der Waals surface area (Å²) in [5.74, 6) is 0. The van der Waals surface area contributed by atoms with Crippen molar-refractivity contribution < 1.29 is 0 Å². The van der Waals surface area contributed by atoms with Gasteiger partial charge in [0.1, 0.15) is 0 Å². The topological polar surface area (TPSA) is 15.3 Å². The van der Waals surface area contributed by atoms with Gasteiger partial charge < -0.3 is 5.32 Å². The van der Waals surface area contributed by atoms with E-state index in [2.05, 4.69) is 64.0 Å². The largest absolute Gasteiger partial charge is 0.315 e. The predicted molar refractivity (Wildman–Crippen MR) is 96.5 cm³/mol. The Hall–Kier alpha value is -0.380. The quantitative estimate of drug-likeness (QED) is 0.691. The normalized spacial score (nSPS) is 13.9. The van der Waals surface area contributed by atoms with Gasteiger partial charge in [-0.2, -0.15) is 0 Å². The smallest absolute Gasteiger partial charge is 0.0360 e. The highest BCUT2D eigenvalue weighted by atomic mass is 32.1. The molecule has 1 aromatic rings. The van der Waals surface area contributed by atoms with Gasteiger partial charge in [-0.1, -0.05) is 34.6 Å². The van der Waals surface area contributed by atoms with Gasteiger partial charge in [-0.05, 0) is 58.0 Å². The van der Waals surface area contributed by atoms with Crippen LogP contribution in [-0.2, 0) is 12.8 Å². The summed E-state index contributed by atoms with van der Waals surface area (Å²) in [5, 5.41) is 3.63. The van der Waals surface area contributed by atoms with E-state index in [4.69, 9.17) is 0 Å². The summed E-state index contributed by atoms with van der Waals surface area (Å²) >= 11 is 1.98. The van der Waals surface area contributed by atoms with Crippen LogP contribution in [0, 0.1) is 0 Å². The molecule has 1 atom stereocenters. The zero-order valence-corrected chi connectivity index (χ0v) is 15.6.